The van der Waals surface area contributed by atoms with Crippen LogP contribution in [0, 0.1) is 6.92 Å². The fraction of sp³-hybridized carbons (Fsp3) is 0.324. The molecule has 0 radical (unpaired) electrons. The first-order chi connectivity index (χ1) is 23.7. The average Bonchev–Trinajstić information content (AvgIpc) is 3.10. The highest BCUT2D eigenvalue weighted by atomic mass is 32.2. The molecule has 0 aliphatic heterocycles. The number of hydrogen-bond donors (Lipinski definition) is 2. The van der Waals surface area contributed by atoms with Crippen LogP contribution in [0.25, 0.3) is 0 Å². The molecule has 0 unspecified atom stereocenters. The molecule has 15 nitrogen and oxygen atoms in total. The maximum atomic E-state index is 13.6. The van der Waals surface area contributed by atoms with E-state index < -0.39 is 28.1 Å². The Morgan fingerprint density at radius 1 is 0.840 bits per heavy atom. The normalized spacial score (nSPS) is 11.7. The summed E-state index contributed by atoms with van der Waals surface area (Å²) in [5.74, 6) is 0.0302. The molecule has 0 aliphatic carbocycles. The van der Waals surface area contributed by atoms with Crippen LogP contribution in [0.3, 0.4) is 0 Å². The lowest BCUT2D eigenvalue weighted by molar-refractivity contribution is -0.137. The minimum absolute atomic E-state index is 0.000234. The Hall–Kier alpha value is -5.64. The zero-order valence-corrected chi connectivity index (χ0v) is 29.8. The number of hydrogen-bond acceptors (Lipinski definition) is 12. The van der Waals surface area contributed by atoms with E-state index in [1.54, 1.807) is 82.7 Å². The molecule has 266 valence electrons. The van der Waals surface area contributed by atoms with Gasteiger partial charge in [-0.2, -0.15) is 15.0 Å². The lowest BCUT2D eigenvalue weighted by Crippen LogP contribution is -2.34. The van der Waals surface area contributed by atoms with E-state index >= 15 is 0 Å². The lowest BCUT2D eigenvalue weighted by atomic mass is 10.1. The first-order valence-electron chi connectivity index (χ1n) is 15.4. The molecule has 1 heterocycles. The summed E-state index contributed by atoms with van der Waals surface area (Å²) >= 11 is 0. The van der Waals surface area contributed by atoms with Gasteiger partial charge in [0.15, 0.2) is 11.5 Å². The average molecular weight is 708 g/mol. The van der Waals surface area contributed by atoms with Crippen molar-refractivity contribution in [1.29, 1.82) is 0 Å². The molecule has 4 aromatic rings. The molecule has 3 aromatic carbocycles. The largest absolute Gasteiger partial charge is 0.493 e. The molecular weight excluding hydrogens is 666 g/mol. The predicted octanol–water partition coefficient (Wildman–Crippen LogP) is 3.87. The van der Waals surface area contributed by atoms with Gasteiger partial charge in [-0.3, -0.25) is 0 Å². The van der Waals surface area contributed by atoms with E-state index in [1.807, 2.05) is 19.1 Å². The van der Waals surface area contributed by atoms with Gasteiger partial charge in [-0.15, -0.1) is 0 Å². The second-order valence-corrected chi connectivity index (χ2v) is 13.5. The first-order valence-corrected chi connectivity index (χ1v) is 16.9. The van der Waals surface area contributed by atoms with Gasteiger partial charge in [0.2, 0.25) is 17.8 Å². The van der Waals surface area contributed by atoms with Crippen LogP contribution >= 0.6 is 0 Å². The minimum atomic E-state index is -4.10. The molecule has 1 amide bonds. The van der Waals surface area contributed by atoms with E-state index in [0.717, 1.165) is 15.4 Å². The maximum Gasteiger partial charge on any atom is 0.414 e. The highest BCUT2D eigenvalue weighted by Gasteiger charge is 2.27. The Labute approximate surface area is 291 Å². The van der Waals surface area contributed by atoms with Crippen molar-refractivity contribution in [2.24, 2.45) is 0 Å². The molecule has 1 aromatic heterocycles. The van der Waals surface area contributed by atoms with E-state index in [2.05, 4.69) is 20.3 Å². The topological polar surface area (TPSA) is 177 Å². The molecule has 16 heteroatoms. The molecule has 1 atom stereocenters. The standard InChI is InChI=1S/C34H41N7O8S/c1-22-8-15-26(16-9-22)50(45,46)41(5)33-37-31(35-27(30(42)43)20-23-10-13-25(14-11-23)49-34(44)39(2)3)36-32(38-33)40(4)19-18-24-12-17-28(47-6)29(21-24)48-7/h8-17,21,27H,18-20H2,1-7H3,(H,42,43)(H,35,36,37,38)/t27-/m0/s1. The predicted molar refractivity (Wildman–Crippen MR) is 188 cm³/mol. The summed E-state index contributed by atoms with van der Waals surface area (Å²) in [6.45, 7) is 2.25. The van der Waals surface area contributed by atoms with Gasteiger partial charge >= 0.3 is 12.1 Å². The molecule has 50 heavy (non-hydrogen) atoms. The van der Waals surface area contributed by atoms with E-state index in [0.29, 0.717) is 35.8 Å². The molecule has 2 N–H and O–H groups in total. The Balaban J connectivity index is 1.64. The third kappa shape index (κ3) is 9.28. The van der Waals surface area contributed by atoms with Crippen molar-refractivity contribution < 1.29 is 37.3 Å². The zero-order chi connectivity index (χ0) is 36.6. The van der Waals surface area contributed by atoms with Gasteiger partial charge in [0.05, 0.1) is 19.1 Å². The second kappa shape index (κ2) is 16.2. The molecule has 0 saturated carbocycles. The summed E-state index contributed by atoms with van der Waals surface area (Å²) in [5.41, 5.74) is 2.45. The molecule has 4 rings (SSSR count). The monoisotopic (exact) mass is 707 g/mol. The van der Waals surface area contributed by atoms with Crippen molar-refractivity contribution in [2.75, 3.05) is 63.5 Å². The Morgan fingerprint density at radius 2 is 1.46 bits per heavy atom. The van der Waals surface area contributed by atoms with Gasteiger partial charge in [-0.05, 0) is 60.9 Å². The number of ether oxygens (including phenoxy) is 3. The number of carboxylic acids is 1. The number of anilines is 3. The Bertz CT molecular complexity index is 1910. The molecule has 0 spiro atoms. The SMILES string of the molecule is COc1ccc(CCN(C)c2nc(N[C@@H](Cc3ccc(OC(=O)N(C)C)cc3)C(=O)O)nc(N(C)S(=O)(=O)c3ccc(C)cc3)n2)cc1OC. The zero-order valence-electron chi connectivity index (χ0n) is 28.9. The smallest absolute Gasteiger partial charge is 0.414 e. The minimum Gasteiger partial charge on any atom is -0.493 e. The number of benzene rings is 3. The summed E-state index contributed by atoms with van der Waals surface area (Å²) in [7, 11) is 5.19. The number of carbonyl (C=O) groups is 2. The fourth-order valence-electron chi connectivity index (χ4n) is 4.62. The van der Waals surface area contributed by atoms with Crippen LogP contribution in [0.5, 0.6) is 17.2 Å². The number of carbonyl (C=O) groups excluding carboxylic acids is 1. The lowest BCUT2D eigenvalue weighted by Gasteiger charge is -2.23. The number of nitrogens with one attached hydrogen (secondary N) is 1. The highest BCUT2D eigenvalue weighted by molar-refractivity contribution is 7.92. The van der Waals surface area contributed by atoms with E-state index in [4.69, 9.17) is 14.2 Å². The van der Waals surface area contributed by atoms with Crippen LogP contribution in [-0.2, 0) is 27.7 Å². The number of likely N-dealkylation sites (N-methyl/N-ethyl adjacent to an activating group) is 1. The number of aliphatic carboxylic acids is 1. The van der Waals surface area contributed by atoms with E-state index in [1.165, 1.54) is 24.1 Å². The Morgan fingerprint density at radius 3 is 2.06 bits per heavy atom. The molecular formula is C34H41N7O8S. The van der Waals surface area contributed by atoms with Crippen molar-refractivity contribution in [3.05, 3.63) is 83.4 Å². The third-order valence-corrected chi connectivity index (χ3v) is 9.39. The number of carboxylic acid groups (broad SMARTS) is 1. The van der Waals surface area contributed by atoms with E-state index in [-0.39, 0.29) is 29.2 Å². The molecule has 0 aliphatic rings. The molecule has 0 bridgehead atoms. The van der Waals surface area contributed by atoms with Crippen molar-refractivity contribution in [1.82, 2.24) is 19.9 Å². The van der Waals surface area contributed by atoms with Gasteiger partial charge in [-0.25, -0.2) is 22.3 Å². The summed E-state index contributed by atoms with van der Waals surface area (Å²) < 4.78 is 44.1. The number of amides is 1. The van der Waals surface area contributed by atoms with Crippen molar-refractivity contribution in [3.8, 4) is 17.2 Å². The van der Waals surface area contributed by atoms with Crippen molar-refractivity contribution in [3.63, 3.8) is 0 Å². The van der Waals surface area contributed by atoms with Gasteiger partial charge in [0.1, 0.15) is 11.8 Å². The second-order valence-electron chi connectivity index (χ2n) is 11.6. The van der Waals surface area contributed by atoms with Crippen molar-refractivity contribution in [2.45, 2.75) is 30.7 Å². The van der Waals surface area contributed by atoms with Gasteiger partial charge in [-0.1, -0.05) is 35.9 Å². The summed E-state index contributed by atoms with van der Waals surface area (Å²) in [5, 5.41) is 13.0. The molecule has 0 fully saturated rings. The van der Waals surface area contributed by atoms with Crippen LogP contribution in [-0.4, -0.2) is 100 Å². The number of aryl methyl sites for hydroxylation is 1. The number of aromatic nitrogens is 3. The highest BCUT2D eigenvalue weighted by Crippen LogP contribution is 2.28. The van der Waals surface area contributed by atoms with Gasteiger partial charge < -0.3 is 34.4 Å². The Kier molecular flexibility index (Phi) is 12.0. The van der Waals surface area contributed by atoms with Crippen LogP contribution in [0.4, 0.5) is 22.6 Å². The number of sulfonamides is 1. The molecule has 0 saturated heterocycles. The van der Waals surface area contributed by atoms with Crippen LogP contribution in [0.2, 0.25) is 0 Å². The first kappa shape index (κ1) is 37.2. The number of methoxy groups -OCH3 is 2. The van der Waals surface area contributed by atoms with Crippen LogP contribution in [0.15, 0.2) is 71.6 Å². The van der Waals surface area contributed by atoms with Crippen molar-refractivity contribution >= 4 is 39.9 Å². The summed E-state index contributed by atoms with van der Waals surface area (Å²) in [6.07, 6.45) is -0.0111. The fourth-order valence-corrected chi connectivity index (χ4v) is 5.71. The van der Waals surface area contributed by atoms with Gasteiger partial charge in [0, 0.05) is 41.2 Å². The maximum absolute atomic E-state index is 13.6. The van der Waals surface area contributed by atoms with Crippen LogP contribution < -0.4 is 28.7 Å². The summed E-state index contributed by atoms with van der Waals surface area (Å²) in [4.78, 5) is 40.6. The number of nitrogens with zero attached hydrogens (tertiary/aromatic N) is 6. The third-order valence-electron chi connectivity index (χ3n) is 7.63. The van der Waals surface area contributed by atoms with Crippen LogP contribution in [0.1, 0.15) is 16.7 Å². The quantitative estimate of drug-likeness (QED) is 0.182. The number of rotatable bonds is 15. The summed E-state index contributed by atoms with van der Waals surface area (Å²) in [6, 6.07) is 17.1. The van der Waals surface area contributed by atoms with Gasteiger partial charge in [0.25, 0.3) is 10.0 Å². The van der Waals surface area contributed by atoms with E-state index in [9.17, 15) is 23.1 Å².